The van der Waals surface area contributed by atoms with Gasteiger partial charge in [-0.1, -0.05) is 15.9 Å². The molecule has 1 unspecified atom stereocenters. The minimum absolute atomic E-state index is 0.0000926. The molecule has 1 fully saturated rings. The van der Waals surface area contributed by atoms with Gasteiger partial charge in [0.1, 0.15) is 0 Å². The number of benzene rings is 1. The van der Waals surface area contributed by atoms with Gasteiger partial charge in [0.2, 0.25) is 0 Å². The lowest BCUT2D eigenvalue weighted by Crippen LogP contribution is -2.34. The average molecular weight is 316 g/mol. The fourth-order valence-corrected chi connectivity index (χ4v) is 2.64. The van der Waals surface area contributed by atoms with Gasteiger partial charge < -0.3 is 19.5 Å². The third kappa shape index (κ3) is 2.48. The fourth-order valence-electron chi connectivity index (χ4n) is 2.22. The van der Waals surface area contributed by atoms with Gasteiger partial charge in [-0.2, -0.15) is 0 Å². The molecule has 0 aliphatic carbocycles. The molecule has 1 saturated heterocycles. The second kappa shape index (κ2) is 5.91. The summed E-state index contributed by atoms with van der Waals surface area (Å²) in [6, 6.07) is 1.92. The predicted molar refractivity (Wildman–Crippen MR) is 73.5 cm³/mol. The highest BCUT2D eigenvalue weighted by Crippen LogP contribution is 2.42. The van der Waals surface area contributed by atoms with Crippen LogP contribution in [0, 0.1) is 6.92 Å². The number of rotatable bonds is 3. The molecule has 4 nitrogen and oxygen atoms in total. The molecule has 1 aliphatic heterocycles. The van der Waals surface area contributed by atoms with Crippen molar-refractivity contribution >= 4 is 15.9 Å². The number of hydrogen-bond donors (Lipinski definition) is 1. The monoisotopic (exact) mass is 315 g/mol. The van der Waals surface area contributed by atoms with Gasteiger partial charge in [0.15, 0.2) is 11.5 Å². The third-order valence-corrected chi connectivity index (χ3v) is 3.99. The van der Waals surface area contributed by atoms with E-state index in [1.165, 1.54) is 0 Å². The molecule has 18 heavy (non-hydrogen) atoms. The average Bonchev–Trinajstić information content (AvgIpc) is 2.42. The lowest BCUT2D eigenvalue weighted by atomic mass is 10.0. The summed E-state index contributed by atoms with van der Waals surface area (Å²) in [5, 5.41) is 3.33. The summed E-state index contributed by atoms with van der Waals surface area (Å²) in [4.78, 5) is 0. The van der Waals surface area contributed by atoms with E-state index in [1.54, 1.807) is 14.2 Å². The molecule has 1 aliphatic rings. The Kier molecular flexibility index (Phi) is 4.48. The van der Waals surface area contributed by atoms with Gasteiger partial charge in [0.25, 0.3) is 0 Å². The molecule has 0 aromatic heterocycles. The molecule has 2 rings (SSSR count). The van der Waals surface area contributed by atoms with E-state index < -0.39 is 0 Å². The molecule has 5 heteroatoms. The summed E-state index contributed by atoms with van der Waals surface area (Å²) in [7, 11) is 3.30. The maximum atomic E-state index is 5.82. The molecule has 1 aromatic carbocycles. The van der Waals surface area contributed by atoms with Crippen LogP contribution < -0.4 is 14.8 Å². The van der Waals surface area contributed by atoms with Crippen molar-refractivity contribution in [1.82, 2.24) is 5.32 Å². The van der Waals surface area contributed by atoms with Crippen molar-refractivity contribution in [1.29, 1.82) is 0 Å². The molecule has 1 aromatic rings. The van der Waals surface area contributed by atoms with Crippen LogP contribution in [0.25, 0.3) is 0 Å². The lowest BCUT2D eigenvalue weighted by Gasteiger charge is -2.28. The molecule has 0 amide bonds. The zero-order chi connectivity index (χ0) is 13.1. The topological polar surface area (TPSA) is 39.7 Å². The van der Waals surface area contributed by atoms with Gasteiger partial charge in [0, 0.05) is 23.1 Å². The molecule has 100 valence electrons. The Balaban J connectivity index is 2.51. The van der Waals surface area contributed by atoms with Gasteiger partial charge in [-0.25, -0.2) is 0 Å². The standard InChI is InChI=1S/C13H18BrNO3/c1-8-9(14)6-10(16-2)13(17-3)12(8)11-7-15-4-5-18-11/h6,11,15H,4-5,7H2,1-3H3. The molecule has 0 spiro atoms. The Morgan fingerprint density at radius 1 is 1.39 bits per heavy atom. The quantitative estimate of drug-likeness (QED) is 0.930. The van der Waals surface area contributed by atoms with E-state index in [4.69, 9.17) is 14.2 Å². The smallest absolute Gasteiger partial charge is 0.166 e. The summed E-state index contributed by atoms with van der Waals surface area (Å²) < 4.78 is 17.7. The van der Waals surface area contributed by atoms with Gasteiger partial charge in [-0.05, 0) is 18.6 Å². The summed E-state index contributed by atoms with van der Waals surface area (Å²) in [6.07, 6.45) is 0.0000926. The highest BCUT2D eigenvalue weighted by molar-refractivity contribution is 9.10. The summed E-state index contributed by atoms with van der Waals surface area (Å²) in [5.41, 5.74) is 2.18. The highest BCUT2D eigenvalue weighted by atomic mass is 79.9. The van der Waals surface area contributed by atoms with Crippen molar-refractivity contribution in [2.75, 3.05) is 33.9 Å². The SMILES string of the molecule is COc1cc(Br)c(C)c(C2CNCCO2)c1OC. The third-order valence-electron chi connectivity index (χ3n) is 3.16. The number of methoxy groups -OCH3 is 2. The van der Waals surface area contributed by atoms with E-state index in [2.05, 4.69) is 28.2 Å². The van der Waals surface area contributed by atoms with Gasteiger partial charge in [-0.3, -0.25) is 0 Å². The first-order valence-electron chi connectivity index (χ1n) is 5.92. The van der Waals surface area contributed by atoms with Crippen molar-refractivity contribution in [3.8, 4) is 11.5 Å². The molecule has 1 N–H and O–H groups in total. The van der Waals surface area contributed by atoms with E-state index in [9.17, 15) is 0 Å². The van der Waals surface area contributed by atoms with Crippen LogP contribution in [0.3, 0.4) is 0 Å². The Morgan fingerprint density at radius 2 is 2.17 bits per heavy atom. The number of ether oxygens (including phenoxy) is 3. The van der Waals surface area contributed by atoms with E-state index in [-0.39, 0.29) is 6.10 Å². The second-order valence-electron chi connectivity index (χ2n) is 4.20. The molecule has 0 radical (unpaired) electrons. The van der Waals surface area contributed by atoms with Crippen LogP contribution >= 0.6 is 15.9 Å². The zero-order valence-electron chi connectivity index (χ0n) is 10.9. The molecular formula is C13H18BrNO3. The highest BCUT2D eigenvalue weighted by Gasteiger charge is 2.25. The molecule has 0 bridgehead atoms. The number of nitrogens with one attached hydrogen (secondary N) is 1. The van der Waals surface area contributed by atoms with Crippen LogP contribution in [0.15, 0.2) is 10.5 Å². The summed E-state index contributed by atoms with van der Waals surface area (Å²) in [6.45, 7) is 4.45. The normalized spacial score (nSPS) is 19.7. The van der Waals surface area contributed by atoms with Crippen LogP contribution in [-0.2, 0) is 4.74 Å². The van der Waals surface area contributed by atoms with Crippen LogP contribution in [0.4, 0.5) is 0 Å². The van der Waals surface area contributed by atoms with Crippen molar-refractivity contribution in [2.45, 2.75) is 13.0 Å². The van der Waals surface area contributed by atoms with Gasteiger partial charge in [-0.15, -0.1) is 0 Å². The molecule has 1 atom stereocenters. The lowest BCUT2D eigenvalue weighted by molar-refractivity contribution is 0.0256. The van der Waals surface area contributed by atoms with Crippen molar-refractivity contribution in [2.24, 2.45) is 0 Å². The fraction of sp³-hybridized carbons (Fsp3) is 0.538. The molecular weight excluding hydrogens is 298 g/mol. The zero-order valence-corrected chi connectivity index (χ0v) is 12.5. The molecule has 1 heterocycles. The Morgan fingerprint density at radius 3 is 2.72 bits per heavy atom. The first-order valence-corrected chi connectivity index (χ1v) is 6.71. The number of hydrogen-bond acceptors (Lipinski definition) is 4. The Hall–Kier alpha value is -0.780. The van der Waals surface area contributed by atoms with Crippen molar-refractivity contribution < 1.29 is 14.2 Å². The van der Waals surface area contributed by atoms with Crippen molar-refractivity contribution in [3.63, 3.8) is 0 Å². The minimum atomic E-state index is 0.0000926. The minimum Gasteiger partial charge on any atom is -0.493 e. The summed E-state index contributed by atoms with van der Waals surface area (Å²) >= 11 is 3.56. The van der Waals surface area contributed by atoms with Crippen LogP contribution in [0.1, 0.15) is 17.2 Å². The first kappa shape index (κ1) is 13.6. The molecule has 0 saturated carbocycles. The summed E-state index contributed by atoms with van der Waals surface area (Å²) in [5.74, 6) is 1.48. The van der Waals surface area contributed by atoms with E-state index in [0.29, 0.717) is 6.61 Å². The maximum Gasteiger partial charge on any atom is 0.166 e. The van der Waals surface area contributed by atoms with Crippen LogP contribution in [0.5, 0.6) is 11.5 Å². The predicted octanol–water partition coefficient (Wildman–Crippen LogP) is 2.44. The van der Waals surface area contributed by atoms with Gasteiger partial charge in [0.05, 0.1) is 26.9 Å². The van der Waals surface area contributed by atoms with E-state index in [1.807, 2.05) is 6.07 Å². The second-order valence-corrected chi connectivity index (χ2v) is 5.05. The van der Waals surface area contributed by atoms with Crippen molar-refractivity contribution in [3.05, 3.63) is 21.7 Å². The van der Waals surface area contributed by atoms with E-state index in [0.717, 1.165) is 40.2 Å². The van der Waals surface area contributed by atoms with E-state index >= 15 is 0 Å². The maximum absolute atomic E-state index is 5.82. The van der Waals surface area contributed by atoms with Crippen LogP contribution in [0.2, 0.25) is 0 Å². The number of morpholine rings is 1. The Bertz CT molecular complexity index is 431. The number of halogens is 1. The first-order chi connectivity index (χ1) is 8.69. The van der Waals surface area contributed by atoms with Gasteiger partial charge >= 0.3 is 0 Å². The Labute approximate surface area is 116 Å². The largest absolute Gasteiger partial charge is 0.493 e. The van der Waals surface area contributed by atoms with Crippen LogP contribution in [-0.4, -0.2) is 33.9 Å².